The third-order valence-electron chi connectivity index (χ3n) is 5.10. The van der Waals surface area contributed by atoms with E-state index >= 15 is 0 Å². The molecule has 0 saturated heterocycles. The minimum absolute atomic E-state index is 0.131. The number of nitrogens with zero attached hydrogens (tertiary/aromatic N) is 2. The summed E-state index contributed by atoms with van der Waals surface area (Å²) in [6, 6.07) is 14.9. The van der Waals surface area contributed by atoms with E-state index in [0.29, 0.717) is 11.9 Å². The Hall–Kier alpha value is -2.49. The molecule has 0 fully saturated rings. The fourth-order valence-electron chi connectivity index (χ4n) is 3.13. The van der Waals surface area contributed by atoms with Crippen LogP contribution in [0.25, 0.3) is 10.9 Å². The van der Waals surface area contributed by atoms with E-state index in [0.717, 1.165) is 10.9 Å². The molecule has 31 heavy (non-hydrogen) atoms. The highest BCUT2D eigenvalue weighted by Gasteiger charge is 2.30. The van der Waals surface area contributed by atoms with E-state index in [4.69, 9.17) is 4.18 Å². The van der Waals surface area contributed by atoms with Crippen LogP contribution in [0, 0.1) is 0 Å². The van der Waals surface area contributed by atoms with Gasteiger partial charge in [-0.3, -0.25) is 4.98 Å². The first-order chi connectivity index (χ1) is 14.7. The van der Waals surface area contributed by atoms with E-state index in [1.807, 2.05) is 26.0 Å². The van der Waals surface area contributed by atoms with Crippen molar-refractivity contribution in [2.24, 2.45) is 0 Å². The molecule has 0 radical (unpaired) electrons. The second-order valence-electron chi connectivity index (χ2n) is 7.21. The molecule has 0 N–H and O–H groups in total. The Morgan fingerprint density at radius 2 is 1.65 bits per heavy atom. The molecule has 1 unspecified atom stereocenters. The smallest absolute Gasteiger partial charge is 0.308 e. The van der Waals surface area contributed by atoms with Crippen LogP contribution in [0.3, 0.4) is 0 Å². The quantitative estimate of drug-likeness (QED) is 0.447. The molecule has 2 aromatic carbocycles. The predicted octanol–water partition coefficient (Wildman–Crippen LogP) is 3.95. The summed E-state index contributed by atoms with van der Waals surface area (Å²) in [4.78, 5) is 4.46. The lowest BCUT2D eigenvalue weighted by Crippen LogP contribution is -2.37. The number of aromatic nitrogens is 1. The minimum Gasteiger partial charge on any atom is -0.382 e. The Morgan fingerprint density at radius 1 is 0.968 bits per heavy atom. The largest absolute Gasteiger partial charge is 0.382 e. The minimum atomic E-state index is -3.84. The molecule has 166 valence electrons. The van der Waals surface area contributed by atoms with Crippen LogP contribution in [-0.4, -0.2) is 37.9 Å². The molecule has 0 aliphatic rings. The van der Waals surface area contributed by atoms with E-state index < -0.39 is 20.1 Å². The van der Waals surface area contributed by atoms with Gasteiger partial charge in [-0.1, -0.05) is 37.3 Å². The summed E-state index contributed by atoms with van der Waals surface area (Å²) in [7, 11) is -7.46. The summed E-state index contributed by atoms with van der Waals surface area (Å²) >= 11 is 0. The van der Waals surface area contributed by atoms with E-state index in [9.17, 15) is 16.8 Å². The molecule has 0 aliphatic carbocycles. The second kappa shape index (κ2) is 9.33. The summed E-state index contributed by atoms with van der Waals surface area (Å²) in [5.41, 5.74) is 1.16. The van der Waals surface area contributed by atoms with Gasteiger partial charge in [0.15, 0.2) is 0 Å². The topological polar surface area (TPSA) is 93.6 Å². The molecule has 0 bridgehead atoms. The zero-order valence-electron chi connectivity index (χ0n) is 17.7. The van der Waals surface area contributed by atoms with Crippen molar-refractivity contribution >= 4 is 31.0 Å². The van der Waals surface area contributed by atoms with Crippen LogP contribution in [0.5, 0.6) is 5.75 Å². The third kappa shape index (κ3) is 5.23. The maximum atomic E-state index is 13.6. The van der Waals surface area contributed by atoms with Gasteiger partial charge < -0.3 is 4.18 Å². The van der Waals surface area contributed by atoms with Crippen LogP contribution in [0.4, 0.5) is 0 Å². The van der Waals surface area contributed by atoms with Gasteiger partial charge in [-0.05, 0) is 50.1 Å². The molecule has 1 atom stereocenters. The number of hydrogen-bond donors (Lipinski definition) is 0. The molecular formula is C22H26N2O5S2. The van der Waals surface area contributed by atoms with Crippen LogP contribution in [0.1, 0.15) is 32.8 Å². The highest BCUT2D eigenvalue weighted by atomic mass is 32.2. The summed E-state index contributed by atoms with van der Waals surface area (Å²) in [5, 5.41) is 0.756. The third-order valence-corrected chi connectivity index (χ3v) is 8.25. The Labute approximate surface area is 183 Å². The molecule has 0 aliphatic heterocycles. The molecule has 7 nitrogen and oxygen atoms in total. The molecule has 1 heterocycles. The van der Waals surface area contributed by atoms with E-state index in [1.165, 1.54) is 23.4 Å². The summed E-state index contributed by atoms with van der Waals surface area (Å²) < 4.78 is 57.0. The summed E-state index contributed by atoms with van der Waals surface area (Å²) in [5.74, 6) is 0.0650. The van der Waals surface area contributed by atoms with Gasteiger partial charge in [-0.25, -0.2) is 8.42 Å². The highest BCUT2D eigenvalue weighted by molar-refractivity contribution is 7.89. The lowest BCUT2D eigenvalue weighted by Gasteiger charge is -2.28. The number of para-hydroxylation sites is 1. The monoisotopic (exact) mass is 462 g/mol. The Morgan fingerprint density at radius 3 is 2.29 bits per heavy atom. The zero-order chi connectivity index (χ0) is 22.6. The first kappa shape index (κ1) is 23.2. The number of fused-ring (bicyclic) bond motifs is 1. The van der Waals surface area contributed by atoms with Gasteiger partial charge in [-0.2, -0.15) is 12.7 Å². The maximum absolute atomic E-state index is 13.6. The number of pyridine rings is 1. The maximum Gasteiger partial charge on any atom is 0.308 e. The highest BCUT2D eigenvalue weighted by Crippen LogP contribution is 2.28. The van der Waals surface area contributed by atoms with Crippen molar-refractivity contribution in [3.63, 3.8) is 0 Å². The standard InChI is InChI=1S/C22H26N2O5S2/c1-4-17(3)24(16-18-11-13-20(14-12-18)29-30(25,26)5-2)31(27,28)21-10-6-8-19-9-7-15-23-22(19)21/h6-15,17H,4-5,16H2,1-3H3. The van der Waals surface area contributed by atoms with Crippen molar-refractivity contribution in [2.75, 3.05) is 5.75 Å². The number of hydrogen-bond acceptors (Lipinski definition) is 6. The Bertz CT molecular complexity index is 1250. The normalized spacial score (nSPS) is 13.4. The van der Waals surface area contributed by atoms with Crippen molar-refractivity contribution in [1.82, 2.24) is 9.29 Å². The van der Waals surface area contributed by atoms with Gasteiger partial charge in [0.25, 0.3) is 0 Å². The summed E-state index contributed by atoms with van der Waals surface area (Å²) in [6.45, 7) is 5.44. The second-order valence-corrected chi connectivity index (χ2v) is 10.9. The lowest BCUT2D eigenvalue weighted by molar-refractivity contribution is 0.323. The van der Waals surface area contributed by atoms with E-state index in [-0.39, 0.29) is 29.0 Å². The van der Waals surface area contributed by atoms with Crippen molar-refractivity contribution in [1.29, 1.82) is 0 Å². The van der Waals surface area contributed by atoms with Crippen LogP contribution in [0.15, 0.2) is 65.7 Å². The number of sulfonamides is 1. The van der Waals surface area contributed by atoms with Crippen molar-refractivity contribution in [3.8, 4) is 5.75 Å². The van der Waals surface area contributed by atoms with Crippen molar-refractivity contribution < 1.29 is 21.0 Å². The lowest BCUT2D eigenvalue weighted by atomic mass is 10.2. The van der Waals surface area contributed by atoms with Crippen LogP contribution in [-0.2, 0) is 26.7 Å². The average molecular weight is 463 g/mol. The molecule has 0 spiro atoms. The SMILES string of the molecule is CCC(C)N(Cc1ccc(OS(=O)(=O)CC)cc1)S(=O)(=O)c1cccc2cccnc12. The molecule has 1 aromatic heterocycles. The summed E-state index contributed by atoms with van der Waals surface area (Å²) in [6.07, 6.45) is 2.21. The van der Waals surface area contributed by atoms with Gasteiger partial charge in [0.1, 0.15) is 10.6 Å². The van der Waals surface area contributed by atoms with Crippen LogP contribution in [0.2, 0.25) is 0 Å². The molecule has 0 saturated carbocycles. The fraction of sp³-hybridized carbons (Fsp3) is 0.318. The molecular weight excluding hydrogens is 436 g/mol. The average Bonchev–Trinajstić information content (AvgIpc) is 2.77. The molecule has 3 rings (SSSR count). The first-order valence-corrected chi connectivity index (χ1v) is 13.1. The van der Waals surface area contributed by atoms with Gasteiger partial charge in [0, 0.05) is 24.2 Å². The Kier molecular flexibility index (Phi) is 6.98. The molecule has 3 aromatic rings. The molecule has 9 heteroatoms. The van der Waals surface area contributed by atoms with Gasteiger partial charge in [0.2, 0.25) is 10.0 Å². The first-order valence-electron chi connectivity index (χ1n) is 10.0. The molecule has 0 amide bonds. The van der Waals surface area contributed by atoms with Crippen LogP contribution < -0.4 is 4.18 Å². The zero-order valence-corrected chi connectivity index (χ0v) is 19.4. The van der Waals surface area contributed by atoms with E-state index in [1.54, 1.807) is 36.5 Å². The fourth-order valence-corrected chi connectivity index (χ4v) is 5.51. The van der Waals surface area contributed by atoms with E-state index in [2.05, 4.69) is 4.98 Å². The van der Waals surface area contributed by atoms with Gasteiger partial charge in [-0.15, -0.1) is 0 Å². The van der Waals surface area contributed by atoms with Crippen LogP contribution >= 0.6 is 0 Å². The number of benzene rings is 2. The van der Waals surface area contributed by atoms with Gasteiger partial charge in [0.05, 0.1) is 11.3 Å². The number of rotatable bonds is 9. The van der Waals surface area contributed by atoms with Gasteiger partial charge >= 0.3 is 10.1 Å². The van der Waals surface area contributed by atoms with Crippen molar-refractivity contribution in [3.05, 3.63) is 66.4 Å². The Balaban J connectivity index is 1.95. The predicted molar refractivity (Wildman–Crippen MR) is 121 cm³/mol. The van der Waals surface area contributed by atoms with Crippen molar-refractivity contribution in [2.45, 2.75) is 44.7 Å².